The lowest BCUT2D eigenvalue weighted by Gasteiger charge is -2.29. The second-order valence-electron chi connectivity index (χ2n) is 4.45. The van der Waals surface area contributed by atoms with Crippen LogP contribution in [0.2, 0.25) is 0 Å². The third-order valence-electron chi connectivity index (χ3n) is 3.08. The van der Waals surface area contributed by atoms with E-state index >= 15 is 0 Å². The molecule has 108 valence electrons. The monoisotopic (exact) mass is 270 g/mol. The van der Waals surface area contributed by atoms with Crippen LogP contribution in [0.5, 0.6) is 11.5 Å². The van der Waals surface area contributed by atoms with Crippen LogP contribution < -0.4 is 9.47 Å². The Labute approximate surface area is 114 Å². The minimum atomic E-state index is -1.13. The molecule has 0 bridgehead atoms. The Morgan fingerprint density at radius 3 is 2.21 bits per heavy atom. The van der Waals surface area contributed by atoms with Crippen LogP contribution in [0.4, 0.5) is 0 Å². The SMILES string of the molecule is COc1ccc(C(C)(O)CC(OC)OC)c(OC)c1. The van der Waals surface area contributed by atoms with Gasteiger partial charge in [0.25, 0.3) is 0 Å². The lowest BCUT2D eigenvalue weighted by molar-refractivity contribution is -0.142. The van der Waals surface area contributed by atoms with E-state index in [1.807, 2.05) is 0 Å². The summed E-state index contributed by atoms with van der Waals surface area (Å²) in [4.78, 5) is 0. The molecule has 1 N–H and O–H groups in total. The van der Waals surface area contributed by atoms with Crippen LogP contribution in [-0.4, -0.2) is 39.8 Å². The highest BCUT2D eigenvalue weighted by atomic mass is 16.7. The molecule has 0 aromatic heterocycles. The highest BCUT2D eigenvalue weighted by Gasteiger charge is 2.30. The largest absolute Gasteiger partial charge is 0.497 e. The first-order chi connectivity index (χ1) is 8.98. The molecule has 1 atom stereocenters. The Balaban J connectivity index is 3.05. The van der Waals surface area contributed by atoms with E-state index in [1.54, 1.807) is 39.3 Å². The maximum absolute atomic E-state index is 10.6. The normalized spacial score (nSPS) is 14.3. The molecular formula is C14H22O5. The van der Waals surface area contributed by atoms with Crippen molar-refractivity contribution in [1.29, 1.82) is 0 Å². The maximum atomic E-state index is 10.6. The molecule has 19 heavy (non-hydrogen) atoms. The van der Waals surface area contributed by atoms with Gasteiger partial charge in [0.2, 0.25) is 0 Å². The molecule has 5 heteroatoms. The summed E-state index contributed by atoms with van der Waals surface area (Å²) < 4.78 is 20.7. The molecule has 1 aromatic carbocycles. The predicted octanol–water partition coefficient (Wildman–Crippen LogP) is 1.92. The van der Waals surface area contributed by atoms with Gasteiger partial charge in [0.05, 0.1) is 19.8 Å². The summed E-state index contributed by atoms with van der Waals surface area (Å²) in [5, 5.41) is 10.6. The fourth-order valence-electron chi connectivity index (χ4n) is 1.94. The number of benzene rings is 1. The summed E-state index contributed by atoms with van der Waals surface area (Å²) in [6.07, 6.45) is -0.190. The molecule has 0 aliphatic heterocycles. The minimum Gasteiger partial charge on any atom is -0.497 e. The lowest BCUT2D eigenvalue weighted by atomic mass is 9.91. The number of aliphatic hydroxyl groups is 1. The van der Waals surface area contributed by atoms with Crippen molar-refractivity contribution in [2.24, 2.45) is 0 Å². The van der Waals surface area contributed by atoms with Gasteiger partial charge < -0.3 is 24.1 Å². The molecule has 0 aliphatic rings. The standard InChI is InChI=1S/C14H22O5/c1-14(15,9-13(18-4)19-5)11-7-6-10(16-2)8-12(11)17-3/h6-8,13,15H,9H2,1-5H3. The molecule has 0 radical (unpaired) electrons. The Morgan fingerprint density at radius 2 is 1.74 bits per heavy atom. The van der Waals surface area contributed by atoms with Gasteiger partial charge in [0.15, 0.2) is 6.29 Å². The van der Waals surface area contributed by atoms with Gasteiger partial charge in [-0.3, -0.25) is 0 Å². The van der Waals surface area contributed by atoms with E-state index in [0.29, 0.717) is 23.5 Å². The number of rotatable bonds is 7. The molecule has 0 spiro atoms. The smallest absolute Gasteiger partial charge is 0.159 e. The number of ether oxygens (including phenoxy) is 4. The lowest BCUT2D eigenvalue weighted by Crippen LogP contribution is -2.30. The van der Waals surface area contributed by atoms with Gasteiger partial charge in [-0.2, -0.15) is 0 Å². The summed E-state index contributed by atoms with van der Waals surface area (Å²) >= 11 is 0. The van der Waals surface area contributed by atoms with Crippen LogP contribution in [0.1, 0.15) is 18.9 Å². The Kier molecular flexibility index (Phi) is 5.60. The summed E-state index contributed by atoms with van der Waals surface area (Å²) in [7, 11) is 6.21. The van der Waals surface area contributed by atoms with Crippen molar-refractivity contribution < 1.29 is 24.1 Å². The van der Waals surface area contributed by atoms with Gasteiger partial charge in [-0.05, 0) is 19.1 Å². The molecular weight excluding hydrogens is 248 g/mol. The van der Waals surface area contributed by atoms with Crippen molar-refractivity contribution in [2.45, 2.75) is 25.2 Å². The fourth-order valence-corrected chi connectivity index (χ4v) is 1.94. The molecule has 0 saturated heterocycles. The minimum absolute atomic E-state index is 0.294. The van der Waals surface area contributed by atoms with Gasteiger partial charge in [-0.25, -0.2) is 0 Å². The van der Waals surface area contributed by atoms with Crippen molar-refractivity contribution >= 4 is 0 Å². The number of hydrogen-bond donors (Lipinski definition) is 1. The highest BCUT2D eigenvalue weighted by Crippen LogP contribution is 2.36. The molecule has 0 fully saturated rings. The van der Waals surface area contributed by atoms with Crippen LogP contribution in [0.3, 0.4) is 0 Å². The van der Waals surface area contributed by atoms with Crippen molar-refractivity contribution in [3.8, 4) is 11.5 Å². The zero-order valence-corrected chi connectivity index (χ0v) is 12.1. The molecule has 0 aliphatic carbocycles. The van der Waals surface area contributed by atoms with Crippen molar-refractivity contribution in [3.05, 3.63) is 23.8 Å². The van der Waals surface area contributed by atoms with E-state index in [-0.39, 0.29) is 0 Å². The summed E-state index contributed by atoms with van der Waals surface area (Å²) in [5.41, 5.74) is -0.469. The third kappa shape index (κ3) is 3.83. The van der Waals surface area contributed by atoms with Gasteiger partial charge in [-0.15, -0.1) is 0 Å². The average molecular weight is 270 g/mol. The molecule has 1 rings (SSSR count). The maximum Gasteiger partial charge on any atom is 0.159 e. The van der Waals surface area contributed by atoms with Gasteiger partial charge >= 0.3 is 0 Å². The first kappa shape index (κ1) is 15.8. The van der Waals surface area contributed by atoms with E-state index in [4.69, 9.17) is 18.9 Å². The van der Waals surface area contributed by atoms with E-state index in [0.717, 1.165) is 0 Å². The van der Waals surface area contributed by atoms with Gasteiger partial charge in [0, 0.05) is 32.3 Å². The average Bonchev–Trinajstić information content (AvgIpc) is 2.43. The van der Waals surface area contributed by atoms with Crippen LogP contribution in [-0.2, 0) is 15.1 Å². The van der Waals surface area contributed by atoms with E-state index in [9.17, 15) is 5.11 Å². The molecule has 0 heterocycles. The van der Waals surface area contributed by atoms with Crippen LogP contribution in [0, 0.1) is 0 Å². The van der Waals surface area contributed by atoms with Crippen LogP contribution in [0.25, 0.3) is 0 Å². The Morgan fingerprint density at radius 1 is 1.11 bits per heavy atom. The predicted molar refractivity (Wildman–Crippen MR) is 71.5 cm³/mol. The van der Waals surface area contributed by atoms with Gasteiger partial charge in [0.1, 0.15) is 11.5 Å². The zero-order chi connectivity index (χ0) is 14.5. The fraction of sp³-hybridized carbons (Fsp3) is 0.571. The van der Waals surface area contributed by atoms with Crippen molar-refractivity contribution in [3.63, 3.8) is 0 Å². The van der Waals surface area contributed by atoms with Crippen LogP contribution >= 0.6 is 0 Å². The zero-order valence-electron chi connectivity index (χ0n) is 12.1. The summed E-state index contributed by atoms with van der Waals surface area (Å²) in [6.45, 7) is 1.70. The van der Waals surface area contributed by atoms with Crippen molar-refractivity contribution in [1.82, 2.24) is 0 Å². The quantitative estimate of drug-likeness (QED) is 0.767. The molecule has 5 nitrogen and oxygen atoms in total. The topological polar surface area (TPSA) is 57.2 Å². The number of methoxy groups -OCH3 is 4. The molecule has 0 amide bonds. The first-order valence-corrected chi connectivity index (χ1v) is 5.99. The molecule has 1 unspecified atom stereocenters. The van der Waals surface area contributed by atoms with Crippen molar-refractivity contribution in [2.75, 3.05) is 28.4 Å². The molecule has 0 saturated carbocycles. The van der Waals surface area contributed by atoms with Crippen LogP contribution in [0.15, 0.2) is 18.2 Å². The third-order valence-corrected chi connectivity index (χ3v) is 3.08. The Hall–Kier alpha value is -1.30. The molecule has 1 aromatic rings. The second-order valence-corrected chi connectivity index (χ2v) is 4.45. The van der Waals surface area contributed by atoms with E-state index in [1.165, 1.54) is 14.2 Å². The highest BCUT2D eigenvalue weighted by molar-refractivity contribution is 5.43. The van der Waals surface area contributed by atoms with E-state index in [2.05, 4.69) is 0 Å². The van der Waals surface area contributed by atoms with Gasteiger partial charge in [-0.1, -0.05) is 0 Å². The first-order valence-electron chi connectivity index (χ1n) is 5.99. The Bertz CT molecular complexity index is 399. The summed E-state index contributed by atoms with van der Waals surface area (Å²) in [6, 6.07) is 5.29. The van der Waals surface area contributed by atoms with E-state index < -0.39 is 11.9 Å². The summed E-state index contributed by atoms with van der Waals surface area (Å²) in [5.74, 6) is 1.24. The second kappa shape index (κ2) is 6.75. The number of hydrogen-bond acceptors (Lipinski definition) is 5.